The molecule has 0 amide bonds. The quantitative estimate of drug-likeness (QED) is 0.162. The molecule has 2 aromatic heterocycles. The van der Waals surface area contributed by atoms with Gasteiger partial charge >= 0.3 is 0 Å². The summed E-state index contributed by atoms with van der Waals surface area (Å²) in [6, 6.07) is 1.39. The van der Waals surface area contributed by atoms with E-state index >= 15 is 0 Å². The first-order chi connectivity index (χ1) is 34.5. The van der Waals surface area contributed by atoms with Crippen LogP contribution in [0.3, 0.4) is 0 Å². The third-order valence-corrected chi connectivity index (χ3v) is 13.6. The van der Waals surface area contributed by atoms with Crippen LogP contribution in [0.2, 0.25) is 0 Å². The van der Waals surface area contributed by atoms with Gasteiger partial charge in [-0.2, -0.15) is 0 Å². The predicted molar refractivity (Wildman–Crippen MR) is 339 cm³/mol. The van der Waals surface area contributed by atoms with Gasteiger partial charge in [0.2, 0.25) is 0 Å². The van der Waals surface area contributed by atoms with Crippen molar-refractivity contribution in [2.45, 2.75) is 0 Å². The molecule has 2 heterocycles. The van der Waals surface area contributed by atoms with Gasteiger partial charge in [0.1, 0.15) is 223 Å². The lowest BCUT2D eigenvalue weighted by molar-refractivity contribution is 0.673. The SMILES string of the molecule is [B]c1c([B])c([B])c(-c2cc(-c3c([B])c([B])c(-c4c([B])c([B])c(-c5c([B])c([B])c([B])c([B])c5[B])c([B])c4[B])c4c3oc3c([B])c5c([B])c([B])c([B])c([B])c5c([B])c34)nc(-c3c([B])c([B])c([B])c([B])c3[B])n2)c([B])c1[B]. The Morgan fingerprint density at radius 1 is 0.203 bits per heavy atom. The van der Waals surface area contributed by atoms with Crippen LogP contribution < -0.4 is 147 Å². The topological polar surface area (TPSA) is 38.9 Å². The largest absolute Gasteiger partial charge is 0.456 e. The highest BCUT2D eigenvalue weighted by Gasteiger charge is 2.31. The zero-order valence-corrected chi connectivity index (χ0v) is 39.0. The van der Waals surface area contributed by atoms with Gasteiger partial charge in [-0.15, -0.1) is 60.1 Å². The number of furan rings is 1. The monoisotopic (exact) mass is 870 g/mol. The van der Waals surface area contributed by atoms with E-state index in [-0.39, 0.29) is 236 Å². The van der Waals surface area contributed by atoms with E-state index in [0.717, 1.165) is 0 Å². The van der Waals surface area contributed by atoms with E-state index in [1.807, 2.05) is 0 Å². The van der Waals surface area contributed by atoms with E-state index in [1.165, 1.54) is 6.07 Å². The number of rotatable bonds is 5. The number of benzene rings is 7. The highest BCUT2D eigenvalue weighted by Crippen LogP contribution is 2.39. The van der Waals surface area contributed by atoms with Crippen LogP contribution in [0.4, 0.5) is 0 Å². The van der Waals surface area contributed by atoms with Crippen molar-refractivity contribution in [3.05, 3.63) is 6.07 Å². The molecule has 3 nitrogen and oxygen atoms in total. The Morgan fingerprint density at radius 3 is 0.878 bits per heavy atom. The maximum atomic E-state index is 7.25. The van der Waals surface area contributed by atoms with E-state index in [1.54, 1.807) is 0 Å². The average Bonchev–Trinajstić information content (AvgIpc) is 3.77. The molecule has 0 aliphatic rings. The molecule has 0 bridgehead atoms. The average molecular weight is 865 g/mol. The third-order valence-electron chi connectivity index (χ3n) is 13.6. The van der Waals surface area contributed by atoms with Gasteiger partial charge in [-0.1, -0.05) is 81.9 Å². The van der Waals surface area contributed by atoms with Crippen molar-refractivity contribution >= 4 is 392 Å². The van der Waals surface area contributed by atoms with Crippen LogP contribution in [0, 0.1) is 0 Å². The Hall–Kier alpha value is -4.57. The summed E-state index contributed by atoms with van der Waals surface area (Å²) in [6.45, 7) is 0. The zero-order chi connectivity index (χ0) is 54.7. The standard InChI is InChI=1S/C44HB27N2O/c45-15-9-12(27(57)34(64)33(63)24(9)54)30(60)43-13(15)7-6(8-20(50)22(52)10(23(53)21(8)51)11-25(55)35(65)40(70)36(66)26(11)56)19(49)18(48)5(42(7)74-43)3-1-2(4-16(46)31(61)39(69)32(62)17(4)47)72-44(73-3)14-28(58)37(67)41(71)38(68)29(14)59/h1H. The van der Waals surface area contributed by atoms with Gasteiger partial charge in [0, 0.05) is 21.9 Å². The highest BCUT2D eigenvalue weighted by molar-refractivity contribution is 6.75. The lowest BCUT2D eigenvalue weighted by atomic mass is 9.55. The Kier molecular flexibility index (Phi) is 13.8. The first-order valence-corrected chi connectivity index (χ1v) is 21.4. The summed E-state index contributed by atoms with van der Waals surface area (Å²) in [5.41, 5.74) is -4.97. The van der Waals surface area contributed by atoms with Crippen LogP contribution in [0.5, 0.6) is 0 Å². The van der Waals surface area contributed by atoms with Crippen molar-refractivity contribution in [1.82, 2.24) is 9.97 Å². The third kappa shape index (κ3) is 7.48. The van der Waals surface area contributed by atoms with Crippen LogP contribution in [0.25, 0.3) is 88.9 Å². The summed E-state index contributed by atoms with van der Waals surface area (Å²) < 4.78 is 6.82. The summed E-state index contributed by atoms with van der Waals surface area (Å²) in [5.74, 6) is -0.256. The minimum absolute atomic E-state index is 0.00725. The molecule has 0 aliphatic heterocycles. The van der Waals surface area contributed by atoms with Crippen LogP contribution in [-0.4, -0.2) is 222 Å². The van der Waals surface area contributed by atoms with Gasteiger partial charge in [-0.05, 0) is 50.1 Å². The first-order valence-electron chi connectivity index (χ1n) is 21.4. The summed E-state index contributed by atoms with van der Waals surface area (Å²) in [7, 11) is 178. The summed E-state index contributed by atoms with van der Waals surface area (Å²) in [5, 5.41) is 0.195. The molecule has 74 heavy (non-hydrogen) atoms. The number of nitrogens with zero attached hydrogens (tertiary/aromatic N) is 2. The smallest absolute Gasteiger partial charge is 0.159 e. The van der Waals surface area contributed by atoms with Gasteiger partial charge in [0.15, 0.2) is 5.82 Å². The molecule has 30 heteroatoms. The summed E-state index contributed by atoms with van der Waals surface area (Å²) in [4.78, 5) is 9.69. The molecule has 54 radical (unpaired) electrons. The van der Waals surface area contributed by atoms with Gasteiger partial charge in [-0.3, -0.25) is 0 Å². The molecular weight excluding hydrogens is 864 g/mol. The van der Waals surface area contributed by atoms with Crippen molar-refractivity contribution in [2.75, 3.05) is 0 Å². The fourth-order valence-electron chi connectivity index (χ4n) is 9.48. The Bertz CT molecular complexity index is 3910. The van der Waals surface area contributed by atoms with Crippen molar-refractivity contribution in [2.24, 2.45) is 0 Å². The minimum atomic E-state index is -0.265. The number of aromatic nitrogens is 2. The molecule has 0 aliphatic carbocycles. The molecule has 274 valence electrons. The number of hydrogen-bond donors (Lipinski definition) is 0. The molecule has 0 fully saturated rings. The maximum absolute atomic E-state index is 7.25. The van der Waals surface area contributed by atoms with Crippen molar-refractivity contribution in [3.8, 4) is 56.2 Å². The molecule has 9 aromatic rings. The van der Waals surface area contributed by atoms with Crippen LogP contribution in [0.15, 0.2) is 10.5 Å². The lowest BCUT2D eigenvalue weighted by Crippen LogP contribution is -2.57. The lowest BCUT2D eigenvalue weighted by Gasteiger charge is -2.29. The van der Waals surface area contributed by atoms with Crippen LogP contribution in [-0.2, 0) is 0 Å². The summed E-state index contributed by atoms with van der Waals surface area (Å²) >= 11 is 0. The number of fused-ring (bicyclic) bond motifs is 4. The Balaban J connectivity index is 1.53. The predicted octanol–water partition coefficient (Wildman–Crippen LogP) is -20.7. The molecule has 0 spiro atoms. The molecule has 0 N–H and O–H groups in total. The Morgan fingerprint density at radius 2 is 0.473 bits per heavy atom. The maximum Gasteiger partial charge on any atom is 0.159 e. The van der Waals surface area contributed by atoms with Gasteiger partial charge in [0.25, 0.3) is 0 Å². The highest BCUT2D eigenvalue weighted by atomic mass is 16.3. The van der Waals surface area contributed by atoms with Gasteiger partial charge < -0.3 is 4.42 Å². The van der Waals surface area contributed by atoms with Crippen molar-refractivity contribution in [1.29, 1.82) is 0 Å². The number of hydrogen-bond acceptors (Lipinski definition) is 3. The molecule has 0 saturated heterocycles. The molecule has 0 unspecified atom stereocenters. The second-order valence-electron chi connectivity index (χ2n) is 17.5. The van der Waals surface area contributed by atoms with Gasteiger partial charge in [-0.25, -0.2) is 9.97 Å². The van der Waals surface area contributed by atoms with Crippen molar-refractivity contribution in [3.63, 3.8) is 0 Å². The molecule has 0 saturated carbocycles. The second-order valence-corrected chi connectivity index (χ2v) is 17.5. The van der Waals surface area contributed by atoms with E-state index in [2.05, 4.69) is 0 Å². The van der Waals surface area contributed by atoms with E-state index in [0.29, 0.717) is 0 Å². The zero-order valence-electron chi connectivity index (χ0n) is 39.0. The van der Waals surface area contributed by atoms with Gasteiger partial charge in [0.05, 0.1) is 11.4 Å². The van der Waals surface area contributed by atoms with E-state index in [4.69, 9.17) is 226 Å². The van der Waals surface area contributed by atoms with E-state index < -0.39 is 0 Å². The molecule has 0 atom stereocenters. The van der Waals surface area contributed by atoms with E-state index in [9.17, 15) is 0 Å². The molecular formula is C44HB27N2O. The summed E-state index contributed by atoms with van der Waals surface area (Å²) in [6.07, 6.45) is 0. The molecule has 7 aromatic carbocycles. The van der Waals surface area contributed by atoms with Crippen LogP contribution >= 0.6 is 0 Å². The molecule has 9 rings (SSSR count). The second kappa shape index (κ2) is 18.9. The normalized spacial score (nSPS) is 11.6. The Labute approximate surface area is 465 Å². The fraction of sp³-hybridized carbons (Fsp3) is 0. The van der Waals surface area contributed by atoms with Crippen molar-refractivity contribution < 1.29 is 4.42 Å². The fourth-order valence-corrected chi connectivity index (χ4v) is 9.48. The van der Waals surface area contributed by atoms with Crippen LogP contribution in [0.1, 0.15) is 0 Å². The minimum Gasteiger partial charge on any atom is -0.456 e. The first kappa shape index (κ1) is 54.2.